The van der Waals surface area contributed by atoms with Gasteiger partial charge in [0, 0.05) is 37.8 Å². The van der Waals surface area contributed by atoms with Crippen molar-refractivity contribution in [2.24, 2.45) is 0 Å². The predicted octanol–water partition coefficient (Wildman–Crippen LogP) is 5.89. The lowest BCUT2D eigenvalue weighted by Gasteiger charge is -2.40. The number of ether oxygens (including phenoxy) is 3. The standard InChI is InChI=1S/C20H27F2NO5S.C14H15F2NO3.CH4/c1-17(2,3)29(26)23-19(6,13-9-7-8-10-14(13)21)11-12-20(22)15(24)27-18(4,5)28-16(20)25;1-13(9-5-3-4-6-10(9)15)7-8-14(16,11(18)17-13)12(19)20-2;/h7-10,23H,11-12H2,1-6H3;3-6H,7-8H2,1-2H3,(H,17,18);1H4/t19-,29+;13-,14?;/m00./s1. The number of rotatable bonds is 8. The fourth-order valence-electron chi connectivity index (χ4n) is 5.26. The van der Waals surface area contributed by atoms with E-state index in [9.17, 15) is 36.6 Å². The van der Waals surface area contributed by atoms with Crippen LogP contribution in [-0.4, -0.2) is 57.0 Å². The van der Waals surface area contributed by atoms with Crippen molar-refractivity contribution in [3.63, 3.8) is 0 Å². The second-order valence-corrected chi connectivity index (χ2v) is 15.8. The molecule has 2 fully saturated rings. The number of hydrogen-bond acceptors (Lipinski definition) is 8. The summed E-state index contributed by atoms with van der Waals surface area (Å²) in [6, 6.07) is 11.8. The van der Waals surface area contributed by atoms with E-state index in [4.69, 9.17) is 9.47 Å². The third kappa shape index (κ3) is 8.89. The molecule has 2 saturated heterocycles. The maximum Gasteiger partial charge on any atom is 0.359 e. The van der Waals surface area contributed by atoms with Crippen molar-refractivity contribution in [2.75, 3.05) is 7.11 Å². The lowest BCUT2D eigenvalue weighted by atomic mass is 9.79. The molecule has 2 aromatic rings. The van der Waals surface area contributed by atoms with Crippen molar-refractivity contribution in [2.45, 2.75) is 115 Å². The highest BCUT2D eigenvalue weighted by molar-refractivity contribution is 7.84. The summed E-state index contributed by atoms with van der Waals surface area (Å²) in [5.41, 5.74) is -7.73. The Morgan fingerprint density at radius 2 is 1.44 bits per heavy atom. The van der Waals surface area contributed by atoms with Crippen LogP contribution in [-0.2, 0) is 55.5 Å². The molecule has 2 heterocycles. The van der Waals surface area contributed by atoms with Gasteiger partial charge in [-0.25, -0.2) is 40.9 Å². The van der Waals surface area contributed by atoms with E-state index >= 15 is 4.39 Å². The molecule has 0 saturated carbocycles. The quantitative estimate of drug-likeness (QED) is 0.195. The van der Waals surface area contributed by atoms with Crippen molar-refractivity contribution in [3.8, 4) is 0 Å². The van der Waals surface area contributed by atoms with E-state index < -0.39 is 85.8 Å². The van der Waals surface area contributed by atoms with Crippen LogP contribution in [0.3, 0.4) is 0 Å². The molecule has 2 aliphatic rings. The average molecular weight is 731 g/mol. The summed E-state index contributed by atoms with van der Waals surface area (Å²) in [6.07, 6.45) is -1.13. The second-order valence-electron chi connectivity index (χ2n) is 13.8. The maximum absolute atomic E-state index is 15.3. The molecule has 0 spiro atoms. The molecule has 0 bridgehead atoms. The summed E-state index contributed by atoms with van der Waals surface area (Å²) >= 11 is 0. The normalized spacial score (nSPS) is 24.4. The number of amides is 1. The van der Waals surface area contributed by atoms with Crippen LogP contribution in [0.4, 0.5) is 17.6 Å². The number of alkyl halides is 2. The third-order valence-corrected chi connectivity index (χ3v) is 10.1. The van der Waals surface area contributed by atoms with Crippen LogP contribution in [0.5, 0.6) is 0 Å². The van der Waals surface area contributed by atoms with Gasteiger partial charge in [0.2, 0.25) is 0 Å². The molecule has 4 atom stereocenters. The SMILES string of the molecule is C.CC1(C)OC(=O)C(F)(CC[C@](C)(N[S@](=O)C(C)(C)C)c2ccccc2F)C(=O)O1.COC(=O)C1(F)CC[C@@](C)(c2ccccc2F)NC1=O. The highest BCUT2D eigenvalue weighted by Gasteiger charge is 2.58. The fourth-order valence-corrected chi connectivity index (χ4v) is 6.19. The fraction of sp³-hybridized carbons (Fsp3) is 0.543. The van der Waals surface area contributed by atoms with Crippen LogP contribution in [0.1, 0.15) is 92.7 Å². The molecule has 1 amide bonds. The van der Waals surface area contributed by atoms with E-state index in [1.165, 1.54) is 50.2 Å². The van der Waals surface area contributed by atoms with Gasteiger partial charge in [0.05, 0.1) is 33.9 Å². The Morgan fingerprint density at radius 1 is 0.920 bits per heavy atom. The number of methoxy groups -OCH3 is 1. The Bertz CT molecular complexity index is 1610. The minimum atomic E-state index is -3.03. The number of esters is 3. The average Bonchev–Trinajstić information content (AvgIpc) is 3.00. The van der Waals surface area contributed by atoms with Crippen LogP contribution >= 0.6 is 0 Å². The summed E-state index contributed by atoms with van der Waals surface area (Å²) in [4.78, 5) is 47.7. The van der Waals surface area contributed by atoms with Gasteiger partial charge in [-0.2, -0.15) is 0 Å². The summed E-state index contributed by atoms with van der Waals surface area (Å²) in [5, 5.41) is 2.40. The molecule has 4 rings (SSSR count). The van der Waals surface area contributed by atoms with Gasteiger partial charge in [-0.3, -0.25) is 4.79 Å². The Hall–Kier alpha value is -3.85. The molecule has 1 unspecified atom stereocenters. The van der Waals surface area contributed by atoms with Gasteiger partial charge in [0.1, 0.15) is 11.6 Å². The minimum Gasteiger partial charge on any atom is -0.466 e. The van der Waals surface area contributed by atoms with E-state index in [2.05, 4.69) is 14.8 Å². The van der Waals surface area contributed by atoms with Crippen molar-refractivity contribution in [3.05, 3.63) is 71.3 Å². The first kappa shape index (κ1) is 42.3. The van der Waals surface area contributed by atoms with Gasteiger partial charge in [-0.1, -0.05) is 43.8 Å². The van der Waals surface area contributed by atoms with Gasteiger partial charge < -0.3 is 19.5 Å². The number of benzene rings is 2. The molecule has 278 valence electrons. The van der Waals surface area contributed by atoms with Crippen LogP contribution in [0, 0.1) is 11.6 Å². The number of nitrogens with one attached hydrogen (secondary N) is 2. The molecule has 0 radical (unpaired) electrons. The number of carbonyl (C=O) groups excluding carboxylic acids is 4. The first-order valence-electron chi connectivity index (χ1n) is 15.4. The zero-order valence-corrected chi connectivity index (χ0v) is 29.4. The molecular formula is C35H46F4N2O8S. The van der Waals surface area contributed by atoms with Crippen LogP contribution in [0.15, 0.2) is 48.5 Å². The monoisotopic (exact) mass is 730 g/mol. The molecule has 10 nitrogen and oxygen atoms in total. The smallest absolute Gasteiger partial charge is 0.359 e. The van der Waals surface area contributed by atoms with Crippen LogP contribution in [0.25, 0.3) is 0 Å². The predicted molar refractivity (Wildman–Crippen MR) is 178 cm³/mol. The lowest BCUT2D eigenvalue weighted by Crippen LogP contribution is -2.60. The summed E-state index contributed by atoms with van der Waals surface area (Å²) in [6.45, 7) is 11.0. The van der Waals surface area contributed by atoms with Crippen LogP contribution in [0.2, 0.25) is 0 Å². The number of piperidine rings is 1. The van der Waals surface area contributed by atoms with Gasteiger partial charge >= 0.3 is 23.6 Å². The van der Waals surface area contributed by atoms with E-state index in [0.717, 1.165) is 7.11 Å². The molecule has 0 aromatic heterocycles. The van der Waals surface area contributed by atoms with Crippen molar-refractivity contribution < 1.29 is 55.2 Å². The van der Waals surface area contributed by atoms with E-state index in [1.807, 2.05) is 0 Å². The number of halogens is 4. The van der Waals surface area contributed by atoms with Crippen molar-refractivity contribution >= 4 is 34.8 Å². The van der Waals surface area contributed by atoms with E-state index in [1.54, 1.807) is 46.8 Å². The van der Waals surface area contributed by atoms with Gasteiger partial charge in [0.15, 0.2) is 0 Å². The zero-order valence-electron chi connectivity index (χ0n) is 28.6. The number of carbonyl (C=O) groups is 4. The first-order chi connectivity index (χ1) is 22.4. The number of cyclic esters (lactones) is 2. The van der Waals surface area contributed by atoms with Crippen LogP contribution < -0.4 is 10.0 Å². The molecule has 15 heteroatoms. The third-order valence-electron chi connectivity index (χ3n) is 8.33. The van der Waals surface area contributed by atoms with E-state index in [0.29, 0.717) is 0 Å². The first-order valence-corrected chi connectivity index (χ1v) is 16.5. The summed E-state index contributed by atoms with van der Waals surface area (Å²) in [5.74, 6) is -7.68. The highest BCUT2D eigenvalue weighted by atomic mass is 32.2. The van der Waals surface area contributed by atoms with Gasteiger partial charge in [0.25, 0.3) is 17.4 Å². The lowest BCUT2D eigenvalue weighted by molar-refractivity contribution is -0.253. The molecule has 2 N–H and O–H groups in total. The minimum absolute atomic E-state index is 0. The Kier molecular flexibility index (Phi) is 12.8. The zero-order chi connectivity index (χ0) is 37.2. The Morgan fingerprint density at radius 3 is 1.92 bits per heavy atom. The Labute approximate surface area is 292 Å². The molecule has 0 aliphatic carbocycles. The Balaban J connectivity index is 0.000000362. The van der Waals surface area contributed by atoms with E-state index in [-0.39, 0.29) is 37.8 Å². The molecule has 2 aliphatic heterocycles. The van der Waals surface area contributed by atoms with Gasteiger partial charge in [-0.15, -0.1) is 0 Å². The number of hydrogen-bond donors (Lipinski definition) is 2. The molecule has 2 aromatic carbocycles. The maximum atomic E-state index is 15.3. The molecule has 50 heavy (non-hydrogen) atoms. The van der Waals surface area contributed by atoms with Crippen molar-refractivity contribution in [1.29, 1.82) is 0 Å². The summed E-state index contributed by atoms with van der Waals surface area (Å²) in [7, 11) is -0.621. The summed E-state index contributed by atoms with van der Waals surface area (Å²) < 4.78 is 86.9. The van der Waals surface area contributed by atoms with Crippen molar-refractivity contribution in [1.82, 2.24) is 10.0 Å². The molecular weight excluding hydrogens is 684 g/mol. The highest BCUT2D eigenvalue weighted by Crippen LogP contribution is 2.39. The van der Waals surface area contributed by atoms with Gasteiger partial charge in [-0.05, 0) is 59.6 Å². The topological polar surface area (TPSA) is 137 Å². The second kappa shape index (κ2) is 15.2. The largest absolute Gasteiger partial charge is 0.466 e.